The van der Waals surface area contributed by atoms with Crippen LogP contribution in [0.2, 0.25) is 5.02 Å². The highest BCUT2D eigenvalue weighted by molar-refractivity contribution is 6.30. The first-order valence-electron chi connectivity index (χ1n) is 9.34. The van der Waals surface area contributed by atoms with E-state index >= 15 is 0 Å². The van der Waals surface area contributed by atoms with Gasteiger partial charge in [-0.05, 0) is 43.3 Å². The number of rotatable bonds is 6. The maximum atomic E-state index is 12.0. The zero-order chi connectivity index (χ0) is 20.2. The molecule has 6 nitrogen and oxygen atoms in total. The van der Waals surface area contributed by atoms with E-state index in [1.165, 1.54) is 0 Å². The molecule has 0 saturated heterocycles. The van der Waals surface area contributed by atoms with Gasteiger partial charge < -0.3 is 15.2 Å². The number of nitrogens with one attached hydrogen (secondary N) is 2. The lowest BCUT2D eigenvalue weighted by atomic mass is 10.1. The number of hydrogen-bond donors (Lipinski definition) is 2. The first kappa shape index (κ1) is 19.0. The second kappa shape index (κ2) is 8.32. The number of hydrogen-bond acceptors (Lipinski definition) is 4. The summed E-state index contributed by atoms with van der Waals surface area (Å²) in [6.45, 7) is 2.81. The normalized spacial score (nSPS) is 10.8. The van der Waals surface area contributed by atoms with Crippen LogP contribution in [0.1, 0.15) is 6.92 Å². The van der Waals surface area contributed by atoms with E-state index in [1.54, 1.807) is 6.20 Å². The smallest absolute Gasteiger partial charge is 0.239 e. The molecule has 0 bridgehead atoms. The van der Waals surface area contributed by atoms with Gasteiger partial charge in [-0.2, -0.15) is 0 Å². The summed E-state index contributed by atoms with van der Waals surface area (Å²) in [5.74, 6) is 0.481. The molecule has 0 aliphatic heterocycles. The Balaban J connectivity index is 1.66. The molecule has 0 saturated carbocycles. The molecule has 2 aromatic heterocycles. The molecule has 0 atom stereocenters. The highest BCUT2D eigenvalue weighted by Crippen LogP contribution is 2.29. The molecule has 4 aromatic rings. The van der Waals surface area contributed by atoms with E-state index in [0.29, 0.717) is 17.5 Å². The molecule has 2 N–H and O–H groups in total. The van der Waals surface area contributed by atoms with Gasteiger partial charge in [-0.1, -0.05) is 29.8 Å². The molecule has 0 fully saturated rings. The van der Waals surface area contributed by atoms with Crippen molar-refractivity contribution in [2.45, 2.75) is 13.5 Å². The van der Waals surface area contributed by atoms with Gasteiger partial charge in [0.25, 0.3) is 0 Å². The Hall–Kier alpha value is -3.38. The molecule has 0 radical (unpaired) electrons. The van der Waals surface area contributed by atoms with Crippen LogP contribution in [0.3, 0.4) is 0 Å². The Kier molecular flexibility index (Phi) is 5.44. The van der Waals surface area contributed by atoms with Gasteiger partial charge in [0, 0.05) is 46.1 Å². The number of nitrogens with zero attached hydrogens (tertiary/aromatic N) is 3. The Morgan fingerprint density at radius 1 is 1.14 bits per heavy atom. The number of carbonyl (C=O) groups is 1. The molecule has 0 aliphatic rings. The number of amides is 1. The Bertz CT molecular complexity index is 1170. The van der Waals surface area contributed by atoms with Crippen molar-refractivity contribution < 1.29 is 4.79 Å². The molecular formula is C22H20ClN5O. The predicted molar refractivity (Wildman–Crippen MR) is 116 cm³/mol. The van der Waals surface area contributed by atoms with Crippen LogP contribution in [0.5, 0.6) is 0 Å². The van der Waals surface area contributed by atoms with Crippen LogP contribution >= 0.6 is 11.6 Å². The zero-order valence-electron chi connectivity index (χ0n) is 15.9. The fraction of sp³-hybridized carbons (Fsp3) is 0.136. The lowest BCUT2D eigenvalue weighted by Gasteiger charge is -2.09. The van der Waals surface area contributed by atoms with Crippen LogP contribution in [-0.4, -0.2) is 27.0 Å². The maximum Gasteiger partial charge on any atom is 0.239 e. The van der Waals surface area contributed by atoms with Crippen LogP contribution in [-0.2, 0) is 11.3 Å². The predicted octanol–water partition coefficient (Wildman–Crippen LogP) is 4.63. The Morgan fingerprint density at radius 3 is 2.83 bits per heavy atom. The first-order chi connectivity index (χ1) is 14.1. The zero-order valence-corrected chi connectivity index (χ0v) is 16.6. The van der Waals surface area contributed by atoms with Crippen LogP contribution in [0.25, 0.3) is 22.2 Å². The van der Waals surface area contributed by atoms with Gasteiger partial charge in [0.15, 0.2) is 0 Å². The lowest BCUT2D eigenvalue weighted by molar-refractivity contribution is -0.121. The summed E-state index contributed by atoms with van der Waals surface area (Å²) in [7, 11) is 0. The summed E-state index contributed by atoms with van der Waals surface area (Å²) in [6, 6.07) is 17.3. The lowest BCUT2D eigenvalue weighted by Crippen LogP contribution is -2.26. The molecule has 0 unspecified atom stereocenters. The summed E-state index contributed by atoms with van der Waals surface area (Å²) in [5, 5.41) is 7.69. The number of likely N-dealkylation sites (N-methyl/N-ethyl adjacent to an activating group) is 1. The number of aromatic nitrogens is 3. The van der Waals surface area contributed by atoms with Crippen molar-refractivity contribution in [1.29, 1.82) is 0 Å². The van der Waals surface area contributed by atoms with Crippen LogP contribution < -0.4 is 10.6 Å². The minimum Gasteiger partial charge on any atom is -0.355 e. The van der Waals surface area contributed by atoms with Gasteiger partial charge in [0.05, 0.1) is 5.69 Å². The number of anilines is 2. The van der Waals surface area contributed by atoms with Crippen molar-refractivity contribution in [1.82, 2.24) is 19.9 Å². The van der Waals surface area contributed by atoms with Crippen LogP contribution in [0.4, 0.5) is 11.6 Å². The third-order valence-electron chi connectivity index (χ3n) is 4.51. The number of carbonyl (C=O) groups excluding carboxylic acids is 1. The minimum atomic E-state index is -0.00885. The average molecular weight is 406 g/mol. The molecule has 7 heteroatoms. The summed E-state index contributed by atoms with van der Waals surface area (Å²) in [6.07, 6.45) is 3.65. The maximum absolute atomic E-state index is 12.0. The van der Waals surface area contributed by atoms with Crippen LogP contribution in [0, 0.1) is 0 Å². The summed E-state index contributed by atoms with van der Waals surface area (Å²) < 4.78 is 1.94. The van der Waals surface area contributed by atoms with Crippen molar-refractivity contribution in [2.24, 2.45) is 0 Å². The van der Waals surface area contributed by atoms with E-state index in [1.807, 2.05) is 72.3 Å². The van der Waals surface area contributed by atoms with Crippen molar-refractivity contribution in [2.75, 3.05) is 11.9 Å². The van der Waals surface area contributed by atoms with Crippen molar-refractivity contribution >= 4 is 40.0 Å². The Labute approximate surface area is 173 Å². The second-order valence-electron chi connectivity index (χ2n) is 6.54. The number of fused-ring (bicyclic) bond motifs is 1. The topological polar surface area (TPSA) is 71.8 Å². The highest BCUT2D eigenvalue weighted by atomic mass is 35.5. The van der Waals surface area contributed by atoms with Gasteiger partial charge in [0.2, 0.25) is 11.9 Å². The first-order valence-corrected chi connectivity index (χ1v) is 9.72. The molecule has 146 valence electrons. The quantitative estimate of drug-likeness (QED) is 0.490. The largest absolute Gasteiger partial charge is 0.355 e. The third-order valence-corrected chi connectivity index (χ3v) is 4.75. The van der Waals surface area contributed by atoms with Crippen LogP contribution in [0.15, 0.2) is 67.0 Å². The van der Waals surface area contributed by atoms with Gasteiger partial charge in [-0.25, -0.2) is 9.97 Å². The summed E-state index contributed by atoms with van der Waals surface area (Å²) in [5.41, 5.74) is 3.58. The van der Waals surface area contributed by atoms with E-state index in [9.17, 15) is 4.79 Å². The fourth-order valence-electron chi connectivity index (χ4n) is 3.26. The van der Waals surface area contributed by atoms with E-state index in [4.69, 9.17) is 11.6 Å². The summed E-state index contributed by atoms with van der Waals surface area (Å²) >= 11 is 6.05. The molecular weight excluding hydrogens is 386 g/mol. The SMILES string of the molecule is CCNC(=O)Cn1ccc2c(-c3ccnc(Nc4cccc(Cl)c4)n3)cccc21. The molecule has 4 rings (SSSR count). The van der Waals surface area contributed by atoms with Gasteiger partial charge in [0.1, 0.15) is 6.54 Å². The standard InChI is InChI=1S/C22H20ClN5O/c1-2-24-21(29)14-28-12-10-18-17(7-4-8-20(18)28)19-9-11-25-22(27-19)26-16-6-3-5-15(23)13-16/h3-13H,2,14H2,1H3,(H,24,29)(H,25,26,27). The van der Waals surface area contributed by atoms with E-state index < -0.39 is 0 Å². The molecule has 1 amide bonds. The number of halogens is 1. The van der Waals surface area contributed by atoms with E-state index in [2.05, 4.69) is 20.6 Å². The van der Waals surface area contributed by atoms with Gasteiger partial charge >= 0.3 is 0 Å². The second-order valence-corrected chi connectivity index (χ2v) is 6.97. The van der Waals surface area contributed by atoms with Gasteiger partial charge in [-0.3, -0.25) is 4.79 Å². The molecule has 0 aliphatic carbocycles. The molecule has 2 heterocycles. The van der Waals surface area contributed by atoms with Crippen molar-refractivity contribution in [3.63, 3.8) is 0 Å². The minimum absolute atomic E-state index is 0.00885. The van der Waals surface area contributed by atoms with Gasteiger partial charge in [-0.15, -0.1) is 0 Å². The highest BCUT2D eigenvalue weighted by Gasteiger charge is 2.11. The fourth-order valence-corrected chi connectivity index (χ4v) is 3.45. The summed E-state index contributed by atoms with van der Waals surface area (Å²) in [4.78, 5) is 21.0. The average Bonchev–Trinajstić information content (AvgIpc) is 3.11. The molecule has 29 heavy (non-hydrogen) atoms. The van der Waals surface area contributed by atoms with Crippen molar-refractivity contribution in [3.05, 3.63) is 72.0 Å². The van der Waals surface area contributed by atoms with E-state index in [-0.39, 0.29) is 12.5 Å². The molecule has 2 aromatic carbocycles. The van der Waals surface area contributed by atoms with E-state index in [0.717, 1.165) is 27.8 Å². The monoisotopic (exact) mass is 405 g/mol. The molecule has 0 spiro atoms. The Morgan fingerprint density at radius 2 is 2.00 bits per heavy atom. The van der Waals surface area contributed by atoms with Crippen molar-refractivity contribution in [3.8, 4) is 11.3 Å². The number of benzene rings is 2. The third kappa shape index (κ3) is 4.22.